The van der Waals surface area contributed by atoms with Gasteiger partial charge in [-0.25, -0.2) is 18.9 Å². The van der Waals surface area contributed by atoms with Crippen molar-refractivity contribution >= 4 is 34.7 Å². The van der Waals surface area contributed by atoms with Gasteiger partial charge >= 0.3 is 12.4 Å². The first kappa shape index (κ1) is 30.8. The van der Waals surface area contributed by atoms with Crippen LogP contribution in [0.5, 0.6) is 5.75 Å². The van der Waals surface area contributed by atoms with Gasteiger partial charge in [0.05, 0.1) is 5.69 Å². The third-order valence-corrected chi connectivity index (χ3v) is 7.63. The van der Waals surface area contributed by atoms with Crippen molar-refractivity contribution in [1.82, 2.24) is 20.1 Å². The first-order valence-corrected chi connectivity index (χ1v) is 14.7. The molecule has 1 fully saturated rings. The summed E-state index contributed by atoms with van der Waals surface area (Å²) >= 11 is 1.49. The molecule has 0 saturated carbocycles. The number of anilines is 1. The van der Waals surface area contributed by atoms with E-state index in [2.05, 4.69) is 25.1 Å². The van der Waals surface area contributed by atoms with E-state index in [0.717, 1.165) is 34.6 Å². The zero-order valence-electron chi connectivity index (χ0n) is 23.8. The Bertz CT molecular complexity index is 1670. The van der Waals surface area contributed by atoms with E-state index in [0.29, 0.717) is 23.2 Å². The minimum atomic E-state index is -4.76. The number of aliphatic imine (C=N–C) groups is 1. The highest BCUT2D eigenvalue weighted by Gasteiger charge is 2.31. The second kappa shape index (κ2) is 13.3. The number of alkyl halides is 3. The molecular formula is C31H28F4N6O2S. The molecule has 5 rings (SSSR count). The van der Waals surface area contributed by atoms with E-state index in [1.54, 1.807) is 12.1 Å². The molecule has 2 amide bonds. The molecule has 1 N–H and O–H groups in total. The SMILES string of the molecule is CC(C)c1cc(F)ccc1N1CCCSC1=NC(=O)N/C=C/c1ccc(-c2ncn(-c3ccc(OC(F)(F)F)cc3)n2)cc1. The summed E-state index contributed by atoms with van der Waals surface area (Å²) in [7, 11) is 0. The first-order chi connectivity index (χ1) is 21.1. The lowest BCUT2D eigenvalue weighted by molar-refractivity contribution is -0.274. The van der Waals surface area contributed by atoms with Crippen LogP contribution in [0.3, 0.4) is 0 Å². The van der Waals surface area contributed by atoms with E-state index >= 15 is 0 Å². The maximum absolute atomic E-state index is 13.9. The van der Waals surface area contributed by atoms with Gasteiger partial charge < -0.3 is 15.0 Å². The molecular weight excluding hydrogens is 596 g/mol. The van der Waals surface area contributed by atoms with Crippen LogP contribution < -0.4 is 15.0 Å². The van der Waals surface area contributed by atoms with E-state index in [4.69, 9.17) is 0 Å². The number of nitrogens with one attached hydrogen (secondary N) is 1. The number of aromatic nitrogens is 3. The van der Waals surface area contributed by atoms with Crippen molar-refractivity contribution in [1.29, 1.82) is 0 Å². The first-order valence-electron chi connectivity index (χ1n) is 13.7. The maximum Gasteiger partial charge on any atom is 0.573 e. The van der Waals surface area contributed by atoms with Gasteiger partial charge in [0.25, 0.3) is 0 Å². The van der Waals surface area contributed by atoms with E-state index < -0.39 is 12.4 Å². The molecule has 228 valence electrons. The van der Waals surface area contributed by atoms with Gasteiger partial charge in [-0.05, 0) is 72.0 Å². The smallest absolute Gasteiger partial charge is 0.406 e. The number of hydrogen-bond acceptors (Lipinski definition) is 5. The van der Waals surface area contributed by atoms with Gasteiger partial charge in [-0.3, -0.25) is 0 Å². The van der Waals surface area contributed by atoms with Crippen LogP contribution in [0.1, 0.15) is 37.3 Å². The second-order valence-electron chi connectivity index (χ2n) is 10.1. The van der Waals surface area contributed by atoms with E-state index in [1.165, 1.54) is 65.4 Å². The molecule has 3 aromatic carbocycles. The summed E-state index contributed by atoms with van der Waals surface area (Å²) in [5, 5.41) is 7.64. The fraction of sp³-hybridized carbons (Fsp3) is 0.226. The minimum absolute atomic E-state index is 0.103. The molecule has 0 spiro atoms. The lowest BCUT2D eigenvalue weighted by Crippen LogP contribution is -2.36. The number of nitrogens with zero attached hydrogens (tertiary/aromatic N) is 5. The second-order valence-corrected chi connectivity index (χ2v) is 11.1. The lowest BCUT2D eigenvalue weighted by atomic mass is 10.00. The minimum Gasteiger partial charge on any atom is -0.406 e. The Morgan fingerprint density at radius 3 is 2.55 bits per heavy atom. The Kier molecular flexibility index (Phi) is 9.33. The van der Waals surface area contributed by atoms with Crippen molar-refractivity contribution in [3.8, 4) is 22.8 Å². The van der Waals surface area contributed by atoms with Crippen LogP contribution in [0.2, 0.25) is 0 Å². The summed E-state index contributed by atoms with van der Waals surface area (Å²) < 4.78 is 56.4. The normalized spacial score (nSPS) is 14.9. The van der Waals surface area contributed by atoms with Gasteiger partial charge in [0.15, 0.2) is 11.0 Å². The summed E-state index contributed by atoms with van der Waals surface area (Å²) in [6, 6.07) is 16.8. The third-order valence-electron chi connectivity index (χ3n) is 6.57. The number of amidine groups is 1. The van der Waals surface area contributed by atoms with Crippen LogP contribution in [0.4, 0.5) is 28.0 Å². The molecule has 2 heterocycles. The summed E-state index contributed by atoms with van der Waals surface area (Å²) in [6.07, 6.45) is 0.853. The number of thioether (sulfide) groups is 1. The van der Waals surface area contributed by atoms with Gasteiger partial charge in [-0.1, -0.05) is 49.9 Å². The van der Waals surface area contributed by atoms with Gasteiger partial charge in [0.2, 0.25) is 0 Å². The summed E-state index contributed by atoms with van der Waals surface area (Å²) in [5.74, 6) is 0.741. The Hall–Kier alpha value is -4.65. The molecule has 0 bridgehead atoms. The summed E-state index contributed by atoms with van der Waals surface area (Å²) in [6.45, 7) is 4.69. The highest BCUT2D eigenvalue weighted by molar-refractivity contribution is 8.14. The maximum atomic E-state index is 13.9. The van der Waals surface area contributed by atoms with Crippen LogP contribution in [0, 0.1) is 5.82 Å². The highest BCUT2D eigenvalue weighted by Crippen LogP contribution is 2.33. The molecule has 1 aromatic heterocycles. The number of halogens is 4. The fourth-order valence-corrected chi connectivity index (χ4v) is 5.45. The Balaban J connectivity index is 1.21. The lowest BCUT2D eigenvalue weighted by Gasteiger charge is -2.31. The van der Waals surface area contributed by atoms with Crippen molar-refractivity contribution in [2.75, 3.05) is 17.2 Å². The molecule has 0 unspecified atom stereocenters. The van der Waals surface area contributed by atoms with E-state index in [9.17, 15) is 22.4 Å². The van der Waals surface area contributed by atoms with E-state index in [-0.39, 0.29) is 17.5 Å². The molecule has 1 aliphatic heterocycles. The van der Waals surface area contributed by atoms with E-state index in [1.807, 2.05) is 43.0 Å². The molecule has 4 aromatic rings. The monoisotopic (exact) mass is 624 g/mol. The third kappa shape index (κ3) is 7.84. The van der Waals surface area contributed by atoms with Crippen molar-refractivity contribution in [2.45, 2.75) is 32.5 Å². The molecule has 0 aliphatic carbocycles. The van der Waals surface area contributed by atoms with Crippen molar-refractivity contribution < 1.29 is 27.1 Å². The van der Waals surface area contributed by atoms with Crippen LogP contribution in [-0.2, 0) is 0 Å². The number of hydrogen-bond donors (Lipinski definition) is 1. The quantitative estimate of drug-likeness (QED) is 0.212. The predicted molar refractivity (Wildman–Crippen MR) is 163 cm³/mol. The molecule has 1 saturated heterocycles. The Morgan fingerprint density at radius 2 is 1.84 bits per heavy atom. The average molecular weight is 625 g/mol. The van der Waals surface area contributed by atoms with Gasteiger partial charge in [-0.2, -0.15) is 4.99 Å². The molecule has 44 heavy (non-hydrogen) atoms. The van der Waals surface area contributed by atoms with Gasteiger partial charge in [-0.15, -0.1) is 18.3 Å². The summed E-state index contributed by atoms with van der Waals surface area (Å²) in [5.41, 5.74) is 3.76. The molecule has 0 radical (unpaired) electrons. The van der Waals surface area contributed by atoms with Crippen LogP contribution in [0.15, 0.2) is 84.2 Å². The average Bonchev–Trinajstić information content (AvgIpc) is 3.48. The van der Waals surface area contributed by atoms with Gasteiger partial charge in [0.1, 0.15) is 17.9 Å². The van der Waals surface area contributed by atoms with Crippen LogP contribution >= 0.6 is 11.8 Å². The molecule has 13 heteroatoms. The number of carbonyl (C=O) groups is 1. The standard InChI is InChI=1S/C31H28F4N6O2S/c1-20(2)26-18-23(32)8-13-27(26)40-16-3-17-44-30(40)38-29(42)36-15-14-21-4-6-22(7-5-21)28-37-19-41(39-28)24-9-11-25(12-10-24)43-31(33,34)35/h4-15,18-20H,3,16-17H2,1-2H3,(H,36,42)/b15-14+,38-30?. The van der Waals surface area contributed by atoms with Gasteiger partial charge in [0, 0.05) is 29.7 Å². The molecule has 0 atom stereocenters. The zero-order valence-corrected chi connectivity index (χ0v) is 24.6. The van der Waals surface area contributed by atoms with Crippen molar-refractivity contribution in [3.05, 3.63) is 96.2 Å². The number of amides is 2. The fourth-order valence-electron chi connectivity index (χ4n) is 4.50. The number of benzene rings is 3. The number of ether oxygens (including phenoxy) is 1. The van der Waals surface area contributed by atoms with Crippen LogP contribution in [0.25, 0.3) is 23.2 Å². The summed E-state index contributed by atoms with van der Waals surface area (Å²) in [4.78, 5) is 23.2. The number of rotatable bonds is 7. The number of carbonyl (C=O) groups excluding carboxylic acids is 1. The van der Waals surface area contributed by atoms with Crippen molar-refractivity contribution in [2.24, 2.45) is 4.99 Å². The Labute approximate surface area is 255 Å². The van der Waals surface area contributed by atoms with Crippen molar-refractivity contribution in [3.63, 3.8) is 0 Å². The Morgan fingerprint density at radius 1 is 1.09 bits per heavy atom. The number of urea groups is 1. The van der Waals surface area contributed by atoms with Crippen LogP contribution in [-0.4, -0.2) is 44.6 Å². The molecule has 8 nitrogen and oxygen atoms in total. The largest absolute Gasteiger partial charge is 0.573 e. The topological polar surface area (TPSA) is 84.6 Å². The highest BCUT2D eigenvalue weighted by atomic mass is 32.2. The predicted octanol–water partition coefficient (Wildman–Crippen LogP) is 7.78. The molecule has 1 aliphatic rings. The zero-order chi connectivity index (χ0) is 31.3.